The van der Waals surface area contributed by atoms with Crippen LogP contribution in [-0.2, 0) is 14.3 Å². The van der Waals surface area contributed by atoms with Crippen molar-refractivity contribution < 1.29 is 23.5 Å². The molecule has 3 amide bonds. The third-order valence-corrected chi connectivity index (χ3v) is 5.11. The van der Waals surface area contributed by atoms with Crippen LogP contribution in [0.15, 0.2) is 34.7 Å². The molecule has 9 heteroatoms. The van der Waals surface area contributed by atoms with E-state index in [1.165, 1.54) is 0 Å². The number of urea groups is 1. The maximum atomic E-state index is 12.6. The molecule has 2 heterocycles. The van der Waals surface area contributed by atoms with E-state index >= 15 is 0 Å². The average Bonchev–Trinajstić information content (AvgIpc) is 3.40. The summed E-state index contributed by atoms with van der Waals surface area (Å²) in [5, 5.41) is 10.6. The van der Waals surface area contributed by atoms with E-state index in [1.54, 1.807) is 6.92 Å². The standard InChI is InChI=1S/C19H20N4O5/c1-12(15-21-22-16(28-15)13-7-3-2-4-8-13)27-14(24)11-23-17(25)19(20-18(23)26)9-5-6-10-19/h2-4,7-8,12H,5-6,9-11H2,1H3,(H,20,26)/t12-/m1/s1. The minimum absolute atomic E-state index is 0.136. The van der Waals surface area contributed by atoms with E-state index in [0.29, 0.717) is 18.7 Å². The fourth-order valence-electron chi connectivity index (χ4n) is 3.65. The molecule has 9 nitrogen and oxygen atoms in total. The first-order valence-corrected chi connectivity index (χ1v) is 9.21. The van der Waals surface area contributed by atoms with Crippen molar-refractivity contribution in [1.82, 2.24) is 20.4 Å². The van der Waals surface area contributed by atoms with Gasteiger partial charge in [-0.25, -0.2) is 4.79 Å². The number of carbonyl (C=O) groups excluding carboxylic acids is 3. The van der Waals surface area contributed by atoms with Crippen molar-refractivity contribution in [3.8, 4) is 11.5 Å². The van der Waals surface area contributed by atoms with Gasteiger partial charge in [-0.3, -0.25) is 14.5 Å². The van der Waals surface area contributed by atoms with Gasteiger partial charge in [-0.05, 0) is 31.9 Å². The van der Waals surface area contributed by atoms with Gasteiger partial charge in [0.05, 0.1) is 0 Å². The maximum Gasteiger partial charge on any atom is 0.327 e. The first kappa shape index (κ1) is 18.1. The van der Waals surface area contributed by atoms with Crippen LogP contribution in [0, 0.1) is 0 Å². The summed E-state index contributed by atoms with van der Waals surface area (Å²) in [4.78, 5) is 37.9. The van der Waals surface area contributed by atoms with Crippen LogP contribution in [-0.4, -0.2) is 45.1 Å². The highest BCUT2D eigenvalue weighted by Gasteiger charge is 2.52. The Kier molecular flexibility index (Phi) is 4.58. The predicted octanol–water partition coefficient (Wildman–Crippen LogP) is 2.21. The van der Waals surface area contributed by atoms with E-state index in [0.717, 1.165) is 23.3 Å². The van der Waals surface area contributed by atoms with Crippen molar-refractivity contribution >= 4 is 17.9 Å². The van der Waals surface area contributed by atoms with Crippen LogP contribution in [0.25, 0.3) is 11.5 Å². The molecule has 2 aromatic rings. The molecule has 146 valence electrons. The molecule has 1 aliphatic heterocycles. The average molecular weight is 384 g/mol. The van der Waals surface area contributed by atoms with Gasteiger partial charge in [0.2, 0.25) is 5.89 Å². The normalized spacial score (nSPS) is 19.1. The highest BCUT2D eigenvalue weighted by molar-refractivity contribution is 6.08. The van der Waals surface area contributed by atoms with Gasteiger partial charge in [-0.2, -0.15) is 0 Å². The van der Waals surface area contributed by atoms with Crippen molar-refractivity contribution in [2.45, 2.75) is 44.2 Å². The van der Waals surface area contributed by atoms with Crippen LogP contribution >= 0.6 is 0 Å². The van der Waals surface area contributed by atoms with Crippen molar-refractivity contribution in [3.05, 3.63) is 36.2 Å². The number of nitrogens with one attached hydrogen (secondary N) is 1. The topological polar surface area (TPSA) is 115 Å². The molecule has 1 aromatic carbocycles. The number of imide groups is 1. The van der Waals surface area contributed by atoms with Gasteiger partial charge in [0.25, 0.3) is 11.8 Å². The van der Waals surface area contributed by atoms with Crippen LogP contribution in [0.1, 0.15) is 44.6 Å². The Morgan fingerprint density at radius 2 is 1.96 bits per heavy atom. The highest BCUT2D eigenvalue weighted by Crippen LogP contribution is 2.35. The molecule has 28 heavy (non-hydrogen) atoms. The Balaban J connectivity index is 1.38. The maximum absolute atomic E-state index is 12.6. The number of rotatable bonds is 5. The SMILES string of the molecule is C[C@@H](OC(=O)CN1C(=O)NC2(CCCC2)C1=O)c1nnc(-c2ccccc2)o1. The second kappa shape index (κ2) is 7.06. The Hall–Kier alpha value is -3.23. The number of carbonyl (C=O) groups is 3. The van der Waals surface area contributed by atoms with Crippen LogP contribution < -0.4 is 5.32 Å². The minimum Gasteiger partial charge on any atom is -0.451 e. The number of nitrogens with zero attached hydrogens (tertiary/aromatic N) is 3. The van der Waals surface area contributed by atoms with Gasteiger partial charge in [0.15, 0.2) is 6.10 Å². The molecular formula is C19H20N4O5. The van der Waals surface area contributed by atoms with Crippen LogP contribution in [0.5, 0.6) is 0 Å². The lowest BCUT2D eigenvalue weighted by Crippen LogP contribution is -2.44. The summed E-state index contributed by atoms with van der Waals surface area (Å²) in [7, 11) is 0. The molecule has 4 rings (SSSR count). The first-order chi connectivity index (χ1) is 13.5. The van der Waals surface area contributed by atoms with Crippen LogP contribution in [0.3, 0.4) is 0 Å². The van der Waals surface area contributed by atoms with E-state index in [-0.39, 0.29) is 11.8 Å². The fourth-order valence-corrected chi connectivity index (χ4v) is 3.65. The number of hydrogen-bond acceptors (Lipinski definition) is 7. The van der Waals surface area contributed by atoms with E-state index in [9.17, 15) is 14.4 Å². The smallest absolute Gasteiger partial charge is 0.327 e. The zero-order valence-corrected chi connectivity index (χ0v) is 15.4. The van der Waals surface area contributed by atoms with Crippen LogP contribution in [0.4, 0.5) is 4.79 Å². The van der Waals surface area contributed by atoms with Gasteiger partial charge >= 0.3 is 12.0 Å². The van der Waals surface area contributed by atoms with E-state index < -0.39 is 30.2 Å². The number of amides is 3. The molecule has 0 bridgehead atoms. The second-order valence-corrected chi connectivity index (χ2v) is 7.05. The number of hydrogen-bond donors (Lipinski definition) is 1. The second-order valence-electron chi connectivity index (χ2n) is 7.05. The van der Waals surface area contributed by atoms with E-state index in [1.807, 2.05) is 30.3 Å². The number of benzene rings is 1. The van der Waals surface area contributed by atoms with Crippen molar-refractivity contribution in [2.24, 2.45) is 0 Å². The summed E-state index contributed by atoms with van der Waals surface area (Å²) < 4.78 is 10.8. The molecule has 1 atom stereocenters. The lowest BCUT2D eigenvalue weighted by Gasteiger charge is -2.19. The molecule has 1 spiro atoms. The zero-order valence-electron chi connectivity index (χ0n) is 15.4. The molecule has 1 aromatic heterocycles. The zero-order chi connectivity index (χ0) is 19.7. The number of ether oxygens (including phenoxy) is 1. The lowest BCUT2D eigenvalue weighted by molar-refractivity contribution is -0.152. The Labute approximate surface area is 161 Å². The molecule has 2 aliphatic rings. The summed E-state index contributed by atoms with van der Waals surface area (Å²) in [5.74, 6) is -0.623. The Morgan fingerprint density at radius 1 is 1.25 bits per heavy atom. The third kappa shape index (κ3) is 3.23. The first-order valence-electron chi connectivity index (χ1n) is 9.21. The predicted molar refractivity (Wildman–Crippen MR) is 95.7 cm³/mol. The summed E-state index contributed by atoms with van der Waals surface area (Å²) in [6.45, 7) is 1.14. The van der Waals surface area contributed by atoms with Crippen molar-refractivity contribution in [2.75, 3.05) is 6.54 Å². The lowest BCUT2D eigenvalue weighted by atomic mass is 9.98. The van der Waals surface area contributed by atoms with Crippen molar-refractivity contribution in [3.63, 3.8) is 0 Å². The quantitative estimate of drug-likeness (QED) is 0.621. The third-order valence-electron chi connectivity index (χ3n) is 5.11. The fraction of sp³-hybridized carbons (Fsp3) is 0.421. The summed E-state index contributed by atoms with van der Waals surface area (Å²) >= 11 is 0. The molecule has 1 saturated carbocycles. The Morgan fingerprint density at radius 3 is 2.68 bits per heavy atom. The summed E-state index contributed by atoms with van der Waals surface area (Å²) in [5.41, 5.74) is -0.0963. The molecule has 0 radical (unpaired) electrons. The van der Waals surface area contributed by atoms with E-state index in [4.69, 9.17) is 9.15 Å². The number of esters is 1. The summed E-state index contributed by atoms with van der Waals surface area (Å²) in [6, 6.07) is 8.65. The largest absolute Gasteiger partial charge is 0.451 e. The molecule has 1 saturated heterocycles. The van der Waals surface area contributed by atoms with Crippen molar-refractivity contribution in [1.29, 1.82) is 0 Å². The molecule has 1 aliphatic carbocycles. The highest BCUT2D eigenvalue weighted by atomic mass is 16.6. The molecule has 1 N–H and O–H groups in total. The Bertz CT molecular complexity index is 904. The molecular weight excluding hydrogens is 364 g/mol. The van der Waals surface area contributed by atoms with Gasteiger partial charge in [-0.15, -0.1) is 10.2 Å². The number of aromatic nitrogens is 2. The molecule has 2 fully saturated rings. The summed E-state index contributed by atoms with van der Waals surface area (Å²) in [6.07, 6.45) is 2.15. The van der Waals surface area contributed by atoms with Gasteiger partial charge in [0, 0.05) is 5.56 Å². The molecule has 0 unspecified atom stereocenters. The van der Waals surface area contributed by atoms with Crippen LogP contribution in [0.2, 0.25) is 0 Å². The van der Waals surface area contributed by atoms with E-state index in [2.05, 4.69) is 15.5 Å². The minimum atomic E-state index is -0.847. The van der Waals surface area contributed by atoms with Gasteiger partial charge in [0.1, 0.15) is 12.1 Å². The monoisotopic (exact) mass is 384 g/mol. The van der Waals surface area contributed by atoms with Gasteiger partial charge in [-0.1, -0.05) is 31.0 Å². The van der Waals surface area contributed by atoms with Gasteiger partial charge < -0.3 is 14.5 Å².